The summed E-state index contributed by atoms with van der Waals surface area (Å²) in [4.78, 5) is 11.7. The first kappa shape index (κ1) is 15.6. The predicted octanol–water partition coefficient (Wildman–Crippen LogP) is 4.92. The molecule has 0 bridgehead atoms. The van der Waals surface area contributed by atoms with E-state index in [-0.39, 0.29) is 0 Å². The zero-order chi connectivity index (χ0) is 17.4. The maximum Gasteiger partial charge on any atom is 0.229 e. The third-order valence-corrected chi connectivity index (χ3v) is 4.60. The fraction of sp³-hybridized carbons (Fsp3) is 0.238. The Bertz CT molecular complexity index is 902. The second-order valence-electron chi connectivity index (χ2n) is 6.73. The van der Waals surface area contributed by atoms with Gasteiger partial charge >= 0.3 is 0 Å². The lowest BCUT2D eigenvalue weighted by atomic mass is 10.1. The van der Waals surface area contributed by atoms with Crippen LogP contribution in [0.25, 0.3) is 0 Å². The molecule has 4 rings (SSSR count). The Morgan fingerprint density at radius 2 is 1.76 bits per heavy atom. The highest BCUT2D eigenvalue weighted by atomic mass is 15.3. The maximum absolute atomic E-state index is 4.79. The van der Waals surface area contributed by atoms with Crippen molar-refractivity contribution in [1.29, 1.82) is 0 Å². The van der Waals surface area contributed by atoms with Crippen LogP contribution in [0, 0.1) is 13.8 Å². The minimum atomic E-state index is 0.388. The number of rotatable bonds is 3. The van der Waals surface area contributed by atoms with Crippen molar-refractivity contribution in [3.63, 3.8) is 0 Å². The fourth-order valence-electron chi connectivity index (χ4n) is 3.41. The van der Waals surface area contributed by atoms with Gasteiger partial charge in [-0.2, -0.15) is 4.98 Å². The van der Waals surface area contributed by atoms with E-state index >= 15 is 0 Å². The monoisotopic (exact) mass is 330 g/mol. The summed E-state index contributed by atoms with van der Waals surface area (Å²) in [5, 5.41) is 3.33. The molecule has 3 aromatic rings. The van der Waals surface area contributed by atoms with Gasteiger partial charge in [0.25, 0.3) is 0 Å². The van der Waals surface area contributed by atoms with Crippen LogP contribution in [0.2, 0.25) is 0 Å². The molecule has 0 fully saturated rings. The summed E-state index contributed by atoms with van der Waals surface area (Å²) in [6.07, 6.45) is 1.04. The molecular weight excluding hydrogens is 308 g/mol. The highest BCUT2D eigenvalue weighted by Gasteiger charge is 2.28. The summed E-state index contributed by atoms with van der Waals surface area (Å²) in [6, 6.07) is 19.3. The topological polar surface area (TPSA) is 41.1 Å². The van der Waals surface area contributed by atoms with Gasteiger partial charge in [0.05, 0.1) is 0 Å². The quantitative estimate of drug-likeness (QED) is 0.740. The van der Waals surface area contributed by atoms with Crippen molar-refractivity contribution >= 4 is 23.1 Å². The normalized spacial score (nSPS) is 16.0. The molecule has 1 N–H and O–H groups in total. The molecule has 1 aliphatic heterocycles. The molecule has 0 radical (unpaired) electrons. The minimum absolute atomic E-state index is 0.388. The van der Waals surface area contributed by atoms with E-state index in [4.69, 9.17) is 4.98 Å². The number of hydrogen-bond acceptors (Lipinski definition) is 4. The SMILES string of the molecule is Cc1ccc(Nc2nc(C)cc(N3c4ccccc4CC3C)n2)cc1. The van der Waals surface area contributed by atoms with Crippen molar-refractivity contribution in [2.45, 2.75) is 33.2 Å². The van der Waals surface area contributed by atoms with Gasteiger partial charge in [-0.1, -0.05) is 35.9 Å². The molecule has 1 unspecified atom stereocenters. The van der Waals surface area contributed by atoms with Crippen LogP contribution in [0.5, 0.6) is 0 Å². The number of fused-ring (bicyclic) bond motifs is 1. The number of aromatic nitrogens is 2. The third-order valence-electron chi connectivity index (χ3n) is 4.60. The van der Waals surface area contributed by atoms with Crippen molar-refractivity contribution in [3.8, 4) is 0 Å². The van der Waals surface area contributed by atoms with Gasteiger partial charge in [0.2, 0.25) is 5.95 Å². The van der Waals surface area contributed by atoms with E-state index in [0.717, 1.165) is 23.6 Å². The Morgan fingerprint density at radius 1 is 1.00 bits per heavy atom. The van der Waals surface area contributed by atoms with E-state index < -0.39 is 0 Å². The van der Waals surface area contributed by atoms with Crippen LogP contribution in [0.1, 0.15) is 23.7 Å². The molecule has 2 aromatic carbocycles. The molecule has 1 aromatic heterocycles. The summed E-state index contributed by atoms with van der Waals surface area (Å²) in [5.74, 6) is 1.58. The first-order chi connectivity index (χ1) is 12.1. The molecule has 4 nitrogen and oxygen atoms in total. The van der Waals surface area contributed by atoms with Crippen molar-refractivity contribution in [2.75, 3.05) is 10.2 Å². The van der Waals surface area contributed by atoms with E-state index in [1.165, 1.54) is 16.8 Å². The second-order valence-corrected chi connectivity index (χ2v) is 6.73. The van der Waals surface area contributed by atoms with Gasteiger partial charge in [-0.3, -0.25) is 0 Å². The molecular formula is C21H22N4. The number of anilines is 4. The van der Waals surface area contributed by atoms with Crippen molar-refractivity contribution < 1.29 is 0 Å². The zero-order valence-corrected chi connectivity index (χ0v) is 14.8. The molecule has 4 heteroatoms. The van der Waals surface area contributed by atoms with Crippen molar-refractivity contribution in [2.24, 2.45) is 0 Å². The fourth-order valence-corrected chi connectivity index (χ4v) is 3.41. The molecule has 25 heavy (non-hydrogen) atoms. The number of aryl methyl sites for hydroxylation is 2. The van der Waals surface area contributed by atoms with Gasteiger partial charge < -0.3 is 10.2 Å². The Hall–Kier alpha value is -2.88. The second kappa shape index (κ2) is 6.20. The number of benzene rings is 2. The average molecular weight is 330 g/mol. The van der Waals surface area contributed by atoms with Gasteiger partial charge in [0, 0.05) is 29.2 Å². The van der Waals surface area contributed by atoms with Crippen LogP contribution in [0.15, 0.2) is 54.6 Å². The van der Waals surface area contributed by atoms with Crippen LogP contribution in [-0.4, -0.2) is 16.0 Å². The Morgan fingerprint density at radius 3 is 2.56 bits per heavy atom. The largest absolute Gasteiger partial charge is 0.324 e. The zero-order valence-electron chi connectivity index (χ0n) is 14.8. The first-order valence-electron chi connectivity index (χ1n) is 8.67. The van der Waals surface area contributed by atoms with Crippen LogP contribution in [0.4, 0.5) is 23.1 Å². The molecule has 126 valence electrons. The molecule has 0 saturated heterocycles. The average Bonchev–Trinajstić information content (AvgIpc) is 2.92. The lowest BCUT2D eigenvalue weighted by Crippen LogP contribution is -2.25. The molecule has 2 heterocycles. The summed E-state index contributed by atoms with van der Waals surface area (Å²) >= 11 is 0. The first-order valence-corrected chi connectivity index (χ1v) is 8.67. The van der Waals surface area contributed by atoms with Crippen LogP contribution >= 0.6 is 0 Å². The van der Waals surface area contributed by atoms with E-state index in [9.17, 15) is 0 Å². The maximum atomic E-state index is 4.79. The van der Waals surface area contributed by atoms with E-state index in [2.05, 4.69) is 83.6 Å². The van der Waals surface area contributed by atoms with Gasteiger partial charge in [-0.05, 0) is 51.0 Å². The summed E-state index contributed by atoms with van der Waals surface area (Å²) in [6.45, 7) is 6.33. The van der Waals surface area contributed by atoms with Crippen LogP contribution in [0.3, 0.4) is 0 Å². The van der Waals surface area contributed by atoms with Gasteiger partial charge in [0.1, 0.15) is 5.82 Å². The predicted molar refractivity (Wildman–Crippen MR) is 103 cm³/mol. The van der Waals surface area contributed by atoms with Gasteiger partial charge in [0.15, 0.2) is 0 Å². The highest BCUT2D eigenvalue weighted by Crippen LogP contribution is 2.37. The van der Waals surface area contributed by atoms with Crippen molar-refractivity contribution in [1.82, 2.24) is 9.97 Å². The smallest absolute Gasteiger partial charge is 0.229 e. The van der Waals surface area contributed by atoms with Gasteiger partial charge in [-0.25, -0.2) is 4.98 Å². The molecule has 1 aliphatic rings. The van der Waals surface area contributed by atoms with E-state index in [1.807, 2.05) is 6.92 Å². The number of nitrogens with zero attached hydrogens (tertiary/aromatic N) is 3. The number of nitrogens with one attached hydrogen (secondary N) is 1. The van der Waals surface area contributed by atoms with E-state index in [0.29, 0.717) is 12.0 Å². The van der Waals surface area contributed by atoms with Gasteiger partial charge in [-0.15, -0.1) is 0 Å². The molecule has 0 amide bonds. The standard InChI is InChI=1S/C21H22N4/c1-14-8-10-18(11-9-14)23-21-22-15(2)12-20(24-21)25-16(3)13-17-6-4-5-7-19(17)25/h4-12,16H,13H2,1-3H3,(H,22,23,24). The van der Waals surface area contributed by atoms with Crippen LogP contribution in [-0.2, 0) is 6.42 Å². The molecule has 1 atom stereocenters. The summed E-state index contributed by atoms with van der Waals surface area (Å²) < 4.78 is 0. The Labute approximate surface area is 148 Å². The lowest BCUT2D eigenvalue weighted by Gasteiger charge is -2.24. The van der Waals surface area contributed by atoms with Crippen molar-refractivity contribution in [3.05, 3.63) is 71.4 Å². The third kappa shape index (κ3) is 3.07. The lowest BCUT2D eigenvalue weighted by molar-refractivity contribution is 0.749. The minimum Gasteiger partial charge on any atom is -0.324 e. The number of para-hydroxylation sites is 1. The van der Waals surface area contributed by atoms with Crippen LogP contribution < -0.4 is 10.2 Å². The highest BCUT2D eigenvalue weighted by molar-refractivity contribution is 5.70. The van der Waals surface area contributed by atoms with E-state index in [1.54, 1.807) is 0 Å². The Kier molecular flexibility index (Phi) is 3.88. The molecule has 0 aliphatic carbocycles. The molecule has 0 spiro atoms. The number of hydrogen-bond donors (Lipinski definition) is 1. The summed E-state index contributed by atoms with van der Waals surface area (Å²) in [7, 11) is 0. The Balaban J connectivity index is 1.69. The molecule has 0 saturated carbocycles. The summed E-state index contributed by atoms with van der Waals surface area (Å²) in [5.41, 5.74) is 5.81.